The van der Waals surface area contributed by atoms with E-state index in [-0.39, 0.29) is 5.88 Å². The lowest BCUT2D eigenvalue weighted by Crippen LogP contribution is -2.27. The molecule has 1 saturated heterocycles. The highest BCUT2D eigenvalue weighted by Gasteiger charge is 2.19. The molecule has 0 aliphatic carbocycles. The summed E-state index contributed by atoms with van der Waals surface area (Å²) in [4.78, 5) is 16.9. The van der Waals surface area contributed by atoms with E-state index in [9.17, 15) is 9.90 Å². The molecule has 1 fully saturated rings. The van der Waals surface area contributed by atoms with E-state index in [1.807, 2.05) is 60.0 Å². The van der Waals surface area contributed by atoms with Crippen molar-refractivity contribution in [3.63, 3.8) is 0 Å². The summed E-state index contributed by atoms with van der Waals surface area (Å²) in [5.74, 6) is -0.390. The number of carbonyl (C=O) groups is 1. The van der Waals surface area contributed by atoms with Crippen LogP contribution < -0.4 is 4.90 Å². The average molecular weight is 420 g/mol. The van der Waals surface area contributed by atoms with Crippen LogP contribution in [0, 0.1) is 0 Å². The van der Waals surface area contributed by atoms with Gasteiger partial charge in [0.05, 0.1) is 12.2 Å². The van der Waals surface area contributed by atoms with Crippen molar-refractivity contribution in [3.05, 3.63) is 54.1 Å². The molecule has 0 radical (unpaired) electrons. The van der Waals surface area contributed by atoms with Gasteiger partial charge in [0, 0.05) is 30.7 Å². The maximum absolute atomic E-state index is 12.5. The maximum Gasteiger partial charge on any atom is 0.295 e. The molecule has 2 heterocycles. The highest BCUT2D eigenvalue weighted by molar-refractivity contribution is 5.97. The largest absolute Gasteiger partial charge is 0.493 e. The Morgan fingerprint density at radius 3 is 2.35 bits per heavy atom. The minimum Gasteiger partial charge on any atom is -0.493 e. The fourth-order valence-corrected chi connectivity index (χ4v) is 4.05. The summed E-state index contributed by atoms with van der Waals surface area (Å²) in [6.07, 6.45) is 4.86. The van der Waals surface area contributed by atoms with E-state index in [0.29, 0.717) is 17.9 Å². The molecule has 162 valence electrons. The van der Waals surface area contributed by atoms with Gasteiger partial charge in [0.15, 0.2) is 5.69 Å². The minimum absolute atomic E-state index is 0.0463. The van der Waals surface area contributed by atoms with Crippen molar-refractivity contribution in [1.82, 2.24) is 9.47 Å². The Hall–Kier alpha value is -3.19. The first-order valence-corrected chi connectivity index (χ1v) is 10.8. The topological polar surface area (TPSA) is 73.4 Å². The van der Waals surface area contributed by atoms with Gasteiger partial charge in [-0.2, -0.15) is 0 Å². The van der Waals surface area contributed by atoms with Crippen LogP contribution in [0.1, 0.15) is 36.0 Å². The molecule has 1 amide bonds. The lowest BCUT2D eigenvalue weighted by molar-refractivity contribution is 0.0995. The number of hydrogen-bond donors (Lipinski definition) is 1. The number of carbonyl (C=O) groups excluding carboxylic acids is 1. The SMILES string of the molecule is CN(C)c1ccc(C(=O)N=Nc2c(O)n(CN3CCCCCC3)c3ccccc23)cc1. The van der Waals surface area contributed by atoms with Crippen LogP contribution >= 0.6 is 0 Å². The number of amides is 1. The molecule has 2 aromatic carbocycles. The molecule has 0 atom stereocenters. The summed E-state index contributed by atoms with van der Waals surface area (Å²) in [6.45, 7) is 2.64. The standard InChI is InChI=1S/C24H29N5O2/c1-27(2)19-13-11-18(12-14-19)23(30)26-25-22-20-9-5-6-10-21(20)29(24(22)31)17-28-15-7-3-4-8-16-28/h5-6,9-14,31H,3-4,7-8,15-17H2,1-2H3. The number of benzene rings is 2. The van der Waals surface area contributed by atoms with Gasteiger partial charge >= 0.3 is 0 Å². The van der Waals surface area contributed by atoms with Crippen LogP contribution in [0.4, 0.5) is 11.4 Å². The van der Waals surface area contributed by atoms with Crippen LogP contribution in [-0.2, 0) is 6.67 Å². The molecule has 1 N–H and O–H groups in total. The molecule has 31 heavy (non-hydrogen) atoms. The van der Waals surface area contributed by atoms with Crippen molar-refractivity contribution in [2.75, 3.05) is 32.1 Å². The minimum atomic E-state index is -0.436. The summed E-state index contributed by atoms with van der Waals surface area (Å²) in [5.41, 5.74) is 2.69. The lowest BCUT2D eigenvalue weighted by atomic mass is 10.2. The third-order valence-corrected chi connectivity index (χ3v) is 5.83. The maximum atomic E-state index is 12.5. The first-order chi connectivity index (χ1) is 15.0. The van der Waals surface area contributed by atoms with Crippen molar-refractivity contribution in [3.8, 4) is 5.88 Å². The summed E-state index contributed by atoms with van der Waals surface area (Å²) < 4.78 is 1.87. The van der Waals surface area contributed by atoms with Crippen LogP contribution in [0.15, 0.2) is 58.8 Å². The highest BCUT2D eigenvalue weighted by Crippen LogP contribution is 2.39. The Kier molecular flexibility index (Phi) is 6.32. The number of fused-ring (bicyclic) bond motifs is 1. The van der Waals surface area contributed by atoms with Crippen LogP contribution in [0.3, 0.4) is 0 Å². The third-order valence-electron chi connectivity index (χ3n) is 5.83. The van der Waals surface area contributed by atoms with Crippen LogP contribution in [-0.4, -0.2) is 47.7 Å². The molecule has 7 heteroatoms. The van der Waals surface area contributed by atoms with Gasteiger partial charge in [-0.05, 0) is 56.3 Å². The predicted octanol–water partition coefficient (Wildman–Crippen LogP) is 5.17. The van der Waals surface area contributed by atoms with Gasteiger partial charge in [-0.15, -0.1) is 10.2 Å². The quantitative estimate of drug-likeness (QED) is 0.579. The zero-order valence-corrected chi connectivity index (χ0v) is 18.2. The van der Waals surface area contributed by atoms with E-state index >= 15 is 0 Å². The first kappa shape index (κ1) is 21.1. The Morgan fingerprint density at radius 1 is 1.00 bits per heavy atom. The summed E-state index contributed by atoms with van der Waals surface area (Å²) in [7, 11) is 3.89. The van der Waals surface area contributed by atoms with Crippen molar-refractivity contribution < 1.29 is 9.90 Å². The second-order valence-corrected chi connectivity index (χ2v) is 8.24. The van der Waals surface area contributed by atoms with E-state index in [0.717, 1.165) is 29.7 Å². The second-order valence-electron chi connectivity index (χ2n) is 8.24. The van der Waals surface area contributed by atoms with Crippen molar-refractivity contribution in [2.24, 2.45) is 10.2 Å². The van der Waals surface area contributed by atoms with Crippen LogP contribution in [0.25, 0.3) is 10.9 Å². The number of likely N-dealkylation sites (tertiary alicyclic amines) is 1. The molecule has 0 saturated carbocycles. The number of rotatable bonds is 5. The zero-order chi connectivity index (χ0) is 21.8. The predicted molar refractivity (Wildman–Crippen MR) is 123 cm³/mol. The fourth-order valence-electron chi connectivity index (χ4n) is 4.05. The highest BCUT2D eigenvalue weighted by atomic mass is 16.3. The number of nitrogens with zero attached hydrogens (tertiary/aromatic N) is 5. The summed E-state index contributed by atoms with van der Waals surface area (Å²) in [5, 5.41) is 19.8. The third kappa shape index (κ3) is 4.61. The number of aromatic nitrogens is 1. The molecular formula is C24H29N5O2. The van der Waals surface area contributed by atoms with E-state index < -0.39 is 5.91 Å². The Labute approximate surface area is 182 Å². The van der Waals surface area contributed by atoms with Crippen molar-refractivity contribution >= 4 is 28.2 Å². The molecule has 1 aliphatic heterocycles. The van der Waals surface area contributed by atoms with E-state index in [1.165, 1.54) is 25.7 Å². The molecule has 1 aromatic heterocycles. The van der Waals surface area contributed by atoms with E-state index in [4.69, 9.17) is 0 Å². The molecule has 1 aliphatic rings. The summed E-state index contributed by atoms with van der Waals surface area (Å²) in [6, 6.07) is 14.9. The Morgan fingerprint density at radius 2 is 1.68 bits per heavy atom. The summed E-state index contributed by atoms with van der Waals surface area (Å²) >= 11 is 0. The molecule has 0 bridgehead atoms. The normalized spacial score (nSPS) is 15.4. The lowest BCUT2D eigenvalue weighted by Gasteiger charge is -2.21. The van der Waals surface area contributed by atoms with Crippen LogP contribution in [0.2, 0.25) is 0 Å². The van der Waals surface area contributed by atoms with Gasteiger partial charge in [-0.25, -0.2) is 0 Å². The first-order valence-electron chi connectivity index (χ1n) is 10.8. The molecule has 3 aromatic rings. The fraction of sp³-hybridized carbons (Fsp3) is 0.375. The molecule has 0 unspecified atom stereocenters. The van der Waals surface area contributed by atoms with Gasteiger partial charge in [0.1, 0.15) is 0 Å². The number of azo groups is 1. The van der Waals surface area contributed by atoms with Crippen LogP contribution in [0.5, 0.6) is 5.88 Å². The monoisotopic (exact) mass is 419 g/mol. The Bertz CT molecular complexity index is 1080. The number of hydrogen-bond acceptors (Lipinski definition) is 5. The molecule has 0 spiro atoms. The van der Waals surface area contributed by atoms with Crippen molar-refractivity contribution in [1.29, 1.82) is 0 Å². The van der Waals surface area contributed by atoms with Gasteiger partial charge < -0.3 is 10.0 Å². The average Bonchev–Trinajstić information content (AvgIpc) is 2.93. The van der Waals surface area contributed by atoms with Gasteiger partial charge in [0.2, 0.25) is 5.88 Å². The number of anilines is 1. The zero-order valence-electron chi connectivity index (χ0n) is 18.2. The Balaban J connectivity index is 1.61. The van der Waals surface area contributed by atoms with Gasteiger partial charge in [0.25, 0.3) is 5.91 Å². The molecule has 4 rings (SSSR count). The van der Waals surface area contributed by atoms with E-state index in [1.54, 1.807) is 12.1 Å². The molecule has 7 nitrogen and oxygen atoms in total. The van der Waals surface area contributed by atoms with Crippen molar-refractivity contribution in [2.45, 2.75) is 32.4 Å². The molecular weight excluding hydrogens is 390 g/mol. The smallest absolute Gasteiger partial charge is 0.295 e. The van der Waals surface area contributed by atoms with Gasteiger partial charge in [-0.3, -0.25) is 14.3 Å². The van der Waals surface area contributed by atoms with Gasteiger partial charge in [-0.1, -0.05) is 31.0 Å². The number of para-hydroxylation sites is 1. The van der Waals surface area contributed by atoms with E-state index in [2.05, 4.69) is 15.1 Å². The second kappa shape index (κ2) is 9.31. The number of aromatic hydroxyl groups is 1.